The third kappa shape index (κ3) is 5.91. The maximum Gasteiger partial charge on any atom is 0.115 e. The fraction of sp³-hybridized carbons (Fsp3) is 0.273. The van der Waals surface area contributed by atoms with E-state index in [4.69, 9.17) is 0 Å². The number of phenols is 4. The number of rotatable bonds is 4. The van der Waals surface area contributed by atoms with E-state index < -0.39 is 0 Å². The Morgan fingerprint density at radius 2 is 0.757 bits per heavy atom. The second-order valence-electron chi connectivity index (χ2n) is 10.5. The first-order valence-corrected chi connectivity index (χ1v) is 12.9. The molecule has 1 fully saturated rings. The molecular weight excluding hydrogens is 460 g/mol. The summed E-state index contributed by atoms with van der Waals surface area (Å²) in [6, 6.07) is 29.7. The number of hydrogen-bond donors (Lipinski definition) is 4. The lowest BCUT2D eigenvalue weighted by atomic mass is 9.65. The summed E-state index contributed by atoms with van der Waals surface area (Å²) < 4.78 is 0. The highest BCUT2D eigenvalue weighted by Gasteiger charge is 2.35. The molecular formula is C33H36O4. The Labute approximate surface area is 219 Å². The molecule has 5 rings (SSSR count). The van der Waals surface area contributed by atoms with Crippen LogP contribution in [-0.2, 0) is 10.8 Å². The molecule has 4 aromatic carbocycles. The Kier molecular flexibility index (Phi) is 7.77. The number of hydrogen-bond acceptors (Lipinski definition) is 4. The van der Waals surface area contributed by atoms with Gasteiger partial charge < -0.3 is 20.4 Å². The SMILES string of the molecule is CC(C)(c1ccc(O)cc1)c1ccc(O)cc1.Oc1ccc(C2(c3ccc(O)cc3)CCCCC2)cc1. The molecule has 1 saturated carbocycles. The van der Waals surface area contributed by atoms with Crippen LogP contribution < -0.4 is 0 Å². The molecule has 4 nitrogen and oxygen atoms in total. The van der Waals surface area contributed by atoms with Gasteiger partial charge in [-0.3, -0.25) is 0 Å². The standard InChI is InChI=1S/C18H20O2.C15H16O2/c19-16-8-4-14(5-9-16)18(12-2-1-3-13-18)15-6-10-17(20)11-7-15;1-15(2,11-3-7-13(16)8-4-11)12-5-9-14(17)10-6-12/h4-11,19-20H,1-3,12-13H2;3-10,16-17H,1-2H3. The summed E-state index contributed by atoms with van der Waals surface area (Å²) in [5.41, 5.74) is 4.66. The van der Waals surface area contributed by atoms with Gasteiger partial charge in [0.2, 0.25) is 0 Å². The molecule has 0 amide bonds. The highest BCUT2D eigenvalue weighted by Crippen LogP contribution is 2.45. The van der Waals surface area contributed by atoms with E-state index in [1.165, 1.54) is 30.4 Å². The van der Waals surface area contributed by atoms with Crippen molar-refractivity contribution in [3.8, 4) is 23.0 Å². The molecule has 192 valence electrons. The van der Waals surface area contributed by atoms with Gasteiger partial charge in [-0.25, -0.2) is 0 Å². The minimum Gasteiger partial charge on any atom is -0.508 e. The first-order chi connectivity index (χ1) is 17.7. The van der Waals surface area contributed by atoms with Crippen LogP contribution in [0.3, 0.4) is 0 Å². The van der Waals surface area contributed by atoms with Crippen molar-refractivity contribution in [2.45, 2.75) is 56.8 Å². The highest BCUT2D eigenvalue weighted by atomic mass is 16.3. The summed E-state index contributed by atoms with van der Waals surface area (Å²) in [4.78, 5) is 0. The normalized spacial score (nSPS) is 14.9. The molecule has 0 unspecified atom stereocenters. The third-order valence-corrected chi connectivity index (χ3v) is 7.72. The van der Waals surface area contributed by atoms with Crippen LogP contribution >= 0.6 is 0 Å². The molecule has 4 N–H and O–H groups in total. The van der Waals surface area contributed by atoms with Crippen molar-refractivity contribution in [3.05, 3.63) is 119 Å². The Morgan fingerprint density at radius 3 is 1.08 bits per heavy atom. The van der Waals surface area contributed by atoms with Crippen LogP contribution in [-0.4, -0.2) is 20.4 Å². The molecule has 37 heavy (non-hydrogen) atoms. The van der Waals surface area contributed by atoms with Crippen molar-refractivity contribution < 1.29 is 20.4 Å². The van der Waals surface area contributed by atoms with E-state index in [1.807, 2.05) is 48.5 Å². The van der Waals surface area contributed by atoms with Crippen molar-refractivity contribution >= 4 is 0 Å². The van der Waals surface area contributed by atoms with Crippen LogP contribution in [0, 0.1) is 0 Å². The van der Waals surface area contributed by atoms with Crippen molar-refractivity contribution in [3.63, 3.8) is 0 Å². The molecule has 0 radical (unpaired) electrons. The van der Waals surface area contributed by atoms with E-state index in [0.29, 0.717) is 11.5 Å². The first-order valence-electron chi connectivity index (χ1n) is 12.9. The van der Waals surface area contributed by atoms with Crippen LogP contribution in [0.4, 0.5) is 0 Å². The summed E-state index contributed by atoms with van der Waals surface area (Å²) >= 11 is 0. The summed E-state index contributed by atoms with van der Waals surface area (Å²) in [7, 11) is 0. The van der Waals surface area contributed by atoms with Crippen molar-refractivity contribution in [1.82, 2.24) is 0 Å². The van der Waals surface area contributed by atoms with E-state index in [0.717, 1.165) is 24.0 Å². The molecule has 0 saturated heterocycles. The third-order valence-electron chi connectivity index (χ3n) is 7.72. The molecule has 0 aliphatic heterocycles. The van der Waals surface area contributed by atoms with E-state index in [2.05, 4.69) is 13.8 Å². The average Bonchev–Trinajstić information content (AvgIpc) is 2.91. The zero-order valence-corrected chi connectivity index (χ0v) is 21.6. The maximum absolute atomic E-state index is 9.51. The first kappa shape index (κ1) is 26.2. The van der Waals surface area contributed by atoms with Gasteiger partial charge in [-0.15, -0.1) is 0 Å². The topological polar surface area (TPSA) is 80.9 Å². The van der Waals surface area contributed by atoms with Gasteiger partial charge in [0.15, 0.2) is 0 Å². The summed E-state index contributed by atoms with van der Waals surface area (Å²) in [6.45, 7) is 4.23. The van der Waals surface area contributed by atoms with Crippen LogP contribution in [0.15, 0.2) is 97.1 Å². The number of phenolic OH excluding ortho intramolecular Hbond substituents is 4. The molecule has 4 aromatic rings. The number of benzene rings is 4. The summed E-state index contributed by atoms with van der Waals surface area (Å²) in [5.74, 6) is 1.17. The van der Waals surface area contributed by atoms with Gasteiger partial charge in [0, 0.05) is 10.8 Å². The Morgan fingerprint density at radius 1 is 0.459 bits per heavy atom. The van der Waals surface area contributed by atoms with Gasteiger partial charge in [0.25, 0.3) is 0 Å². The average molecular weight is 497 g/mol. The van der Waals surface area contributed by atoms with Crippen LogP contribution in [0.5, 0.6) is 23.0 Å². The minimum absolute atomic E-state index is 0.0274. The van der Waals surface area contributed by atoms with Crippen LogP contribution in [0.25, 0.3) is 0 Å². The van der Waals surface area contributed by atoms with Crippen molar-refractivity contribution in [1.29, 1.82) is 0 Å². The van der Waals surface area contributed by atoms with E-state index in [-0.39, 0.29) is 22.3 Å². The Balaban J connectivity index is 0.000000176. The smallest absolute Gasteiger partial charge is 0.115 e. The lowest BCUT2D eigenvalue weighted by Gasteiger charge is -2.38. The van der Waals surface area contributed by atoms with E-state index >= 15 is 0 Å². The summed E-state index contributed by atoms with van der Waals surface area (Å²) in [5, 5.41) is 37.6. The Bertz CT molecular complexity index is 1170. The molecule has 0 atom stereocenters. The molecule has 0 spiro atoms. The summed E-state index contributed by atoms with van der Waals surface area (Å²) in [6.07, 6.45) is 5.99. The molecule has 0 heterocycles. The van der Waals surface area contributed by atoms with Gasteiger partial charge in [-0.05, 0) is 83.6 Å². The lowest BCUT2D eigenvalue weighted by molar-refractivity contribution is 0.345. The van der Waals surface area contributed by atoms with Crippen molar-refractivity contribution in [2.24, 2.45) is 0 Å². The predicted octanol–water partition coefficient (Wildman–Crippen LogP) is 7.77. The number of aromatic hydroxyl groups is 4. The fourth-order valence-corrected chi connectivity index (χ4v) is 5.38. The fourth-order valence-electron chi connectivity index (χ4n) is 5.38. The molecule has 0 aromatic heterocycles. The van der Waals surface area contributed by atoms with E-state index in [9.17, 15) is 20.4 Å². The highest BCUT2D eigenvalue weighted by molar-refractivity contribution is 5.44. The molecule has 1 aliphatic carbocycles. The van der Waals surface area contributed by atoms with Crippen LogP contribution in [0.2, 0.25) is 0 Å². The predicted molar refractivity (Wildman–Crippen MR) is 148 cm³/mol. The lowest BCUT2D eigenvalue weighted by Crippen LogP contribution is -2.30. The second-order valence-corrected chi connectivity index (χ2v) is 10.5. The molecule has 1 aliphatic rings. The van der Waals surface area contributed by atoms with Gasteiger partial charge in [-0.2, -0.15) is 0 Å². The van der Waals surface area contributed by atoms with Crippen molar-refractivity contribution in [2.75, 3.05) is 0 Å². The largest absolute Gasteiger partial charge is 0.508 e. The van der Waals surface area contributed by atoms with Gasteiger partial charge in [0.1, 0.15) is 23.0 Å². The quantitative estimate of drug-likeness (QED) is 0.233. The zero-order valence-electron chi connectivity index (χ0n) is 21.6. The van der Waals surface area contributed by atoms with Gasteiger partial charge in [0.05, 0.1) is 0 Å². The molecule has 4 heteroatoms. The van der Waals surface area contributed by atoms with E-state index in [1.54, 1.807) is 48.5 Å². The zero-order chi connectivity index (χ0) is 26.5. The van der Waals surface area contributed by atoms with Gasteiger partial charge in [-0.1, -0.05) is 81.6 Å². The second kappa shape index (κ2) is 11.0. The Hall–Kier alpha value is -3.92. The molecule has 0 bridgehead atoms. The maximum atomic E-state index is 9.51. The van der Waals surface area contributed by atoms with Gasteiger partial charge >= 0.3 is 0 Å². The van der Waals surface area contributed by atoms with Crippen LogP contribution in [0.1, 0.15) is 68.2 Å². The minimum atomic E-state index is -0.151. The monoisotopic (exact) mass is 496 g/mol.